The Morgan fingerprint density at radius 3 is 2.95 bits per heavy atom. The zero-order valence-electron chi connectivity index (χ0n) is 10.6. The molecule has 0 amide bonds. The van der Waals surface area contributed by atoms with Crippen LogP contribution in [0.4, 0.5) is 5.69 Å². The Morgan fingerprint density at radius 2 is 2.16 bits per heavy atom. The lowest BCUT2D eigenvalue weighted by Crippen LogP contribution is -2.02. The number of aromatic amines is 1. The second-order valence-electron chi connectivity index (χ2n) is 4.45. The molecule has 2 heterocycles. The van der Waals surface area contributed by atoms with Crippen molar-refractivity contribution in [2.24, 2.45) is 0 Å². The van der Waals surface area contributed by atoms with E-state index in [2.05, 4.69) is 45.7 Å². The van der Waals surface area contributed by atoms with Gasteiger partial charge in [0.15, 0.2) is 0 Å². The van der Waals surface area contributed by atoms with Gasteiger partial charge in [-0.1, -0.05) is 12.1 Å². The monoisotopic (exact) mass is 252 g/mol. The molecule has 0 aliphatic rings. The van der Waals surface area contributed by atoms with E-state index < -0.39 is 0 Å². The summed E-state index contributed by atoms with van der Waals surface area (Å²) in [6.07, 6.45) is 5.71. The van der Waals surface area contributed by atoms with E-state index in [4.69, 9.17) is 0 Å². The van der Waals surface area contributed by atoms with E-state index in [1.807, 2.05) is 29.2 Å². The third-order valence-electron chi connectivity index (χ3n) is 2.98. The van der Waals surface area contributed by atoms with Gasteiger partial charge in [-0.05, 0) is 35.9 Å². The highest BCUT2D eigenvalue weighted by Gasteiger charge is 1.98. The van der Waals surface area contributed by atoms with Crippen molar-refractivity contribution in [3.05, 3.63) is 72.3 Å². The van der Waals surface area contributed by atoms with E-state index >= 15 is 0 Å². The normalized spacial score (nSPS) is 10.5. The Hall–Kier alpha value is -2.49. The van der Waals surface area contributed by atoms with Gasteiger partial charge in [0.05, 0.1) is 13.1 Å². The Balaban J connectivity index is 1.66. The molecule has 1 aromatic carbocycles. The number of nitrogens with one attached hydrogen (secondary N) is 2. The molecule has 19 heavy (non-hydrogen) atoms. The van der Waals surface area contributed by atoms with Crippen LogP contribution >= 0.6 is 0 Å². The number of rotatable bonds is 5. The molecule has 0 saturated carbocycles. The fourth-order valence-electron chi connectivity index (χ4n) is 2.04. The molecule has 3 rings (SSSR count). The summed E-state index contributed by atoms with van der Waals surface area (Å²) in [4.78, 5) is 3.18. The van der Waals surface area contributed by atoms with E-state index in [1.54, 1.807) is 6.20 Å². The van der Waals surface area contributed by atoms with Crippen LogP contribution in [0.5, 0.6) is 0 Å². The first-order valence-corrected chi connectivity index (χ1v) is 6.33. The SMILES string of the molecule is c1cc(Cn2cccn2)cc(NCc2ccc[nH]2)c1. The third-order valence-corrected chi connectivity index (χ3v) is 2.98. The zero-order chi connectivity index (χ0) is 12.9. The predicted molar refractivity (Wildman–Crippen MR) is 75.9 cm³/mol. The number of aromatic nitrogens is 3. The molecule has 0 radical (unpaired) electrons. The minimum atomic E-state index is 0.797. The lowest BCUT2D eigenvalue weighted by molar-refractivity contribution is 0.687. The predicted octanol–water partition coefficient (Wildman–Crippen LogP) is 2.87. The summed E-state index contributed by atoms with van der Waals surface area (Å²) in [5.41, 5.74) is 3.54. The molecule has 2 aromatic heterocycles. The van der Waals surface area contributed by atoms with Gasteiger partial charge in [0, 0.05) is 30.0 Å². The molecule has 0 aliphatic carbocycles. The Kier molecular flexibility index (Phi) is 3.32. The minimum absolute atomic E-state index is 0.797. The van der Waals surface area contributed by atoms with Crippen molar-refractivity contribution in [1.82, 2.24) is 14.8 Å². The number of hydrogen-bond donors (Lipinski definition) is 2. The van der Waals surface area contributed by atoms with Crippen LogP contribution in [0.1, 0.15) is 11.3 Å². The molecule has 0 saturated heterocycles. The Morgan fingerprint density at radius 1 is 1.16 bits per heavy atom. The maximum atomic E-state index is 4.22. The molecule has 0 unspecified atom stereocenters. The summed E-state index contributed by atoms with van der Waals surface area (Å²) in [6, 6.07) is 14.4. The first-order valence-electron chi connectivity index (χ1n) is 6.33. The van der Waals surface area contributed by atoms with E-state index in [-0.39, 0.29) is 0 Å². The number of benzene rings is 1. The Labute approximate surface area is 112 Å². The lowest BCUT2D eigenvalue weighted by atomic mass is 10.2. The molecule has 4 nitrogen and oxygen atoms in total. The first-order chi connectivity index (χ1) is 9.40. The van der Waals surface area contributed by atoms with E-state index in [0.29, 0.717) is 0 Å². The number of nitrogens with zero attached hydrogens (tertiary/aromatic N) is 2. The smallest absolute Gasteiger partial charge is 0.0660 e. The molecule has 0 atom stereocenters. The van der Waals surface area contributed by atoms with Gasteiger partial charge in [-0.25, -0.2) is 0 Å². The zero-order valence-corrected chi connectivity index (χ0v) is 10.6. The van der Waals surface area contributed by atoms with Crippen molar-refractivity contribution in [2.75, 3.05) is 5.32 Å². The van der Waals surface area contributed by atoms with Crippen molar-refractivity contribution in [3.63, 3.8) is 0 Å². The molecule has 4 heteroatoms. The summed E-state index contributed by atoms with van der Waals surface area (Å²) in [5, 5.41) is 7.63. The number of H-pyrrole nitrogens is 1. The van der Waals surface area contributed by atoms with Gasteiger partial charge in [-0.2, -0.15) is 5.10 Å². The third kappa shape index (κ3) is 3.04. The average Bonchev–Trinajstić information content (AvgIpc) is 3.10. The minimum Gasteiger partial charge on any atom is -0.379 e. The molecule has 2 N–H and O–H groups in total. The highest BCUT2D eigenvalue weighted by atomic mass is 15.3. The summed E-state index contributed by atoms with van der Waals surface area (Å²) in [5.74, 6) is 0. The lowest BCUT2D eigenvalue weighted by Gasteiger charge is -2.08. The number of anilines is 1. The van der Waals surface area contributed by atoms with Crippen LogP contribution in [0.25, 0.3) is 0 Å². The summed E-state index contributed by atoms with van der Waals surface area (Å²) >= 11 is 0. The van der Waals surface area contributed by atoms with E-state index in [0.717, 1.165) is 18.8 Å². The van der Waals surface area contributed by atoms with Gasteiger partial charge in [0.2, 0.25) is 0 Å². The quantitative estimate of drug-likeness (QED) is 0.733. The molecular weight excluding hydrogens is 236 g/mol. The summed E-state index contributed by atoms with van der Waals surface area (Å²) in [7, 11) is 0. The number of hydrogen-bond acceptors (Lipinski definition) is 2. The van der Waals surface area contributed by atoms with Crippen LogP contribution in [0.2, 0.25) is 0 Å². The van der Waals surface area contributed by atoms with Gasteiger partial charge >= 0.3 is 0 Å². The molecule has 0 fully saturated rings. The highest BCUT2D eigenvalue weighted by molar-refractivity contribution is 5.46. The molecule has 0 aliphatic heterocycles. The largest absolute Gasteiger partial charge is 0.379 e. The van der Waals surface area contributed by atoms with Crippen molar-refractivity contribution in [2.45, 2.75) is 13.1 Å². The second-order valence-corrected chi connectivity index (χ2v) is 4.45. The summed E-state index contributed by atoms with van der Waals surface area (Å²) < 4.78 is 1.92. The molecule has 0 bridgehead atoms. The molecular formula is C15H16N4. The first kappa shape index (κ1) is 11.6. The van der Waals surface area contributed by atoms with Crippen molar-refractivity contribution in [1.29, 1.82) is 0 Å². The van der Waals surface area contributed by atoms with E-state index in [1.165, 1.54) is 11.3 Å². The molecule has 3 aromatic rings. The highest BCUT2D eigenvalue weighted by Crippen LogP contribution is 2.12. The second kappa shape index (κ2) is 5.44. The van der Waals surface area contributed by atoms with Crippen LogP contribution in [-0.2, 0) is 13.1 Å². The Bertz CT molecular complexity index is 611. The maximum Gasteiger partial charge on any atom is 0.0660 e. The molecule has 0 spiro atoms. The fraction of sp³-hybridized carbons (Fsp3) is 0.133. The van der Waals surface area contributed by atoms with Gasteiger partial charge in [0.25, 0.3) is 0 Å². The van der Waals surface area contributed by atoms with Crippen LogP contribution in [0.3, 0.4) is 0 Å². The van der Waals surface area contributed by atoms with Crippen molar-refractivity contribution >= 4 is 5.69 Å². The van der Waals surface area contributed by atoms with Gasteiger partial charge < -0.3 is 10.3 Å². The van der Waals surface area contributed by atoms with Crippen LogP contribution < -0.4 is 5.32 Å². The van der Waals surface area contributed by atoms with Crippen LogP contribution in [0, 0.1) is 0 Å². The van der Waals surface area contributed by atoms with Crippen LogP contribution in [-0.4, -0.2) is 14.8 Å². The fourth-order valence-corrected chi connectivity index (χ4v) is 2.04. The summed E-state index contributed by atoms with van der Waals surface area (Å²) in [6.45, 7) is 1.60. The van der Waals surface area contributed by atoms with E-state index in [9.17, 15) is 0 Å². The topological polar surface area (TPSA) is 45.6 Å². The van der Waals surface area contributed by atoms with Crippen molar-refractivity contribution < 1.29 is 0 Å². The van der Waals surface area contributed by atoms with Crippen LogP contribution in [0.15, 0.2) is 61.1 Å². The standard InChI is InChI=1S/C15H16N4/c1-4-13(12-19-9-3-8-18-19)10-14(5-1)17-11-15-6-2-7-16-15/h1-10,16-17H,11-12H2. The maximum absolute atomic E-state index is 4.22. The van der Waals surface area contributed by atoms with Gasteiger partial charge in [0.1, 0.15) is 0 Å². The van der Waals surface area contributed by atoms with Gasteiger partial charge in [-0.15, -0.1) is 0 Å². The average molecular weight is 252 g/mol. The van der Waals surface area contributed by atoms with Gasteiger partial charge in [-0.3, -0.25) is 4.68 Å². The van der Waals surface area contributed by atoms with Crippen molar-refractivity contribution in [3.8, 4) is 0 Å². The molecule has 96 valence electrons.